The van der Waals surface area contributed by atoms with Crippen LogP contribution in [-0.4, -0.2) is 26.5 Å². The van der Waals surface area contributed by atoms with Gasteiger partial charge in [0, 0.05) is 6.10 Å². The molecule has 0 aliphatic heterocycles. The molecule has 1 N–H and O–H groups in total. The van der Waals surface area contributed by atoms with E-state index in [-0.39, 0.29) is 41.7 Å². The first kappa shape index (κ1) is 29.7. The van der Waals surface area contributed by atoms with Crippen LogP contribution in [0.4, 0.5) is 0 Å². The Morgan fingerprint density at radius 2 is 0.765 bits per heavy atom. The summed E-state index contributed by atoms with van der Waals surface area (Å²) >= 11 is 0. The minimum absolute atomic E-state index is 0. The molecule has 0 spiro atoms. The van der Waals surface area contributed by atoms with Crippen LogP contribution in [0.2, 0.25) is 0 Å². The Labute approximate surface area is 122 Å². The van der Waals surface area contributed by atoms with Crippen LogP contribution >= 0.6 is 0 Å². The van der Waals surface area contributed by atoms with Crippen molar-refractivity contribution in [2.75, 3.05) is 0 Å². The van der Waals surface area contributed by atoms with Crippen molar-refractivity contribution in [1.82, 2.24) is 0 Å². The second kappa shape index (κ2) is 24.1. The third-order valence-corrected chi connectivity index (χ3v) is 0. The van der Waals surface area contributed by atoms with E-state index in [1.54, 1.807) is 13.8 Å². The van der Waals surface area contributed by atoms with E-state index in [1.165, 1.54) is 0 Å². The maximum absolute atomic E-state index is 8.25. The number of hydrogen-bond acceptors (Lipinski definition) is 10. The molecule has 0 amide bonds. The van der Waals surface area contributed by atoms with Crippen molar-refractivity contribution < 1.29 is 56.0 Å². The average molecular weight is 385 g/mol. The molecule has 0 aromatic rings. The SMILES string of the molecule is CC(C)O.O=[N+]([O-])[O-].O=[N+]([O-])[O-].O=[N+]([O-])[O-].[La+3]. The van der Waals surface area contributed by atoms with Crippen molar-refractivity contribution in [3.63, 3.8) is 0 Å². The van der Waals surface area contributed by atoms with Crippen LogP contribution in [0.15, 0.2) is 0 Å². The monoisotopic (exact) mass is 385 g/mol. The summed E-state index contributed by atoms with van der Waals surface area (Å²) in [5.41, 5.74) is 0. The minimum atomic E-state index is -1.75. The van der Waals surface area contributed by atoms with Gasteiger partial charge in [-0.15, -0.1) is 0 Å². The Morgan fingerprint density at radius 3 is 0.765 bits per heavy atom. The van der Waals surface area contributed by atoms with Crippen molar-refractivity contribution in [2.45, 2.75) is 20.0 Å². The van der Waals surface area contributed by atoms with Gasteiger partial charge in [0.2, 0.25) is 0 Å². The summed E-state index contributed by atoms with van der Waals surface area (Å²) in [7, 11) is 0. The largest absolute Gasteiger partial charge is 3.00 e. The summed E-state index contributed by atoms with van der Waals surface area (Å²) in [6, 6.07) is 0. The molecule has 0 unspecified atom stereocenters. The number of aliphatic hydroxyl groups is 1. The summed E-state index contributed by atoms with van der Waals surface area (Å²) in [6.45, 7) is 3.44. The molecule has 0 heterocycles. The summed E-state index contributed by atoms with van der Waals surface area (Å²) in [4.78, 5) is 24.8. The molecule has 0 aromatic heterocycles. The van der Waals surface area contributed by atoms with Crippen LogP contribution in [0.5, 0.6) is 0 Å². The molecule has 98 valence electrons. The average Bonchev–Trinajstić information content (AvgIpc) is 1.76. The van der Waals surface area contributed by atoms with Crippen LogP contribution < -0.4 is 0 Å². The Bertz CT molecular complexity index is 154. The van der Waals surface area contributed by atoms with E-state index < -0.39 is 15.3 Å². The second-order valence-corrected chi connectivity index (χ2v) is 1.76. The van der Waals surface area contributed by atoms with Crippen LogP contribution in [0.1, 0.15) is 13.8 Å². The summed E-state index contributed by atoms with van der Waals surface area (Å²) in [5.74, 6) is 0. The molecule has 14 heteroatoms. The zero-order valence-corrected chi connectivity index (χ0v) is 12.2. The second-order valence-electron chi connectivity index (χ2n) is 1.76. The van der Waals surface area contributed by atoms with E-state index in [4.69, 9.17) is 51.1 Å². The molecule has 13 nitrogen and oxygen atoms in total. The summed E-state index contributed by atoms with van der Waals surface area (Å²) < 4.78 is 0. The zero-order chi connectivity index (χ0) is 14.3. The number of rotatable bonds is 0. The van der Waals surface area contributed by atoms with Gasteiger partial charge in [0.1, 0.15) is 0 Å². The first-order chi connectivity index (χ1) is 6.93. The van der Waals surface area contributed by atoms with Crippen molar-refractivity contribution in [2.24, 2.45) is 0 Å². The van der Waals surface area contributed by atoms with Crippen molar-refractivity contribution in [3.8, 4) is 0 Å². The van der Waals surface area contributed by atoms with Crippen LogP contribution in [0.25, 0.3) is 0 Å². The Kier molecular flexibility index (Phi) is 42.1. The van der Waals surface area contributed by atoms with Gasteiger partial charge in [-0.3, -0.25) is 0 Å². The Balaban J connectivity index is -0.0000000369. The van der Waals surface area contributed by atoms with Crippen LogP contribution in [-0.2, 0) is 0 Å². The molecule has 0 radical (unpaired) electrons. The molecule has 0 fully saturated rings. The van der Waals surface area contributed by atoms with Gasteiger partial charge in [-0.1, -0.05) is 0 Å². The molecule has 0 atom stereocenters. The van der Waals surface area contributed by atoms with Crippen LogP contribution in [0.3, 0.4) is 0 Å². The van der Waals surface area contributed by atoms with Gasteiger partial charge >= 0.3 is 35.6 Å². The smallest absolute Gasteiger partial charge is 0.394 e. The maximum atomic E-state index is 8.25. The van der Waals surface area contributed by atoms with E-state index in [1.807, 2.05) is 0 Å². The van der Waals surface area contributed by atoms with Gasteiger partial charge in [-0.05, 0) is 13.8 Å². The topological polar surface area (TPSA) is 219 Å². The Morgan fingerprint density at radius 1 is 0.765 bits per heavy atom. The van der Waals surface area contributed by atoms with Gasteiger partial charge in [0.25, 0.3) is 0 Å². The quantitative estimate of drug-likeness (QED) is 0.422. The van der Waals surface area contributed by atoms with Gasteiger partial charge in [-0.25, -0.2) is 0 Å². The van der Waals surface area contributed by atoms with Crippen molar-refractivity contribution >= 4 is 0 Å². The third-order valence-electron chi connectivity index (χ3n) is 0. The van der Waals surface area contributed by atoms with E-state index in [0.29, 0.717) is 0 Å². The zero-order valence-electron chi connectivity index (χ0n) is 8.62. The first-order valence-corrected chi connectivity index (χ1v) is 3.06. The van der Waals surface area contributed by atoms with Crippen molar-refractivity contribution in [3.05, 3.63) is 46.0 Å². The van der Waals surface area contributed by atoms with Gasteiger partial charge in [0.15, 0.2) is 0 Å². The fraction of sp³-hybridized carbons (Fsp3) is 1.00. The number of nitrogens with zero attached hydrogens (tertiary/aromatic N) is 3. The summed E-state index contributed by atoms with van der Waals surface area (Å²) in [5, 5.41) is 52.3. The van der Waals surface area contributed by atoms with E-state index >= 15 is 0 Å². The van der Waals surface area contributed by atoms with Gasteiger partial charge in [-0.2, -0.15) is 0 Å². The molecule has 0 aliphatic rings. The maximum Gasteiger partial charge on any atom is 3.00 e. The molecule has 0 saturated heterocycles. The molecular formula is C3H8LaN3O10. The number of hydrogen-bond donors (Lipinski definition) is 1. The first-order valence-electron chi connectivity index (χ1n) is 3.06. The fourth-order valence-corrected chi connectivity index (χ4v) is 0. The predicted molar refractivity (Wildman–Crippen MR) is 48.4 cm³/mol. The predicted octanol–water partition coefficient (Wildman–Crippen LogP) is -0.330. The van der Waals surface area contributed by atoms with E-state index in [2.05, 4.69) is 0 Å². The molecule has 0 bridgehead atoms. The molecule has 0 aromatic carbocycles. The standard InChI is InChI=1S/C3H8O.La.3NO3/c1-3(2)4;;3*2-1(3)4/h3-4H,1-2H3;;;;/q;+3;3*-1. The fourth-order valence-electron chi connectivity index (χ4n) is 0. The van der Waals surface area contributed by atoms with Crippen LogP contribution in [0, 0.1) is 81.6 Å². The third kappa shape index (κ3) is 1550. The number of aliphatic hydroxyl groups excluding tert-OH is 1. The molecule has 0 saturated carbocycles. The normalized spacial score (nSPS) is 6.35. The van der Waals surface area contributed by atoms with Gasteiger partial charge in [0.05, 0.1) is 15.3 Å². The van der Waals surface area contributed by atoms with E-state index in [9.17, 15) is 0 Å². The molecular weight excluding hydrogens is 377 g/mol. The molecule has 0 aliphatic carbocycles. The van der Waals surface area contributed by atoms with Crippen molar-refractivity contribution in [1.29, 1.82) is 0 Å². The molecule has 17 heavy (non-hydrogen) atoms. The van der Waals surface area contributed by atoms with E-state index in [0.717, 1.165) is 0 Å². The summed E-state index contributed by atoms with van der Waals surface area (Å²) in [6.07, 6.45) is -0.167. The Hall–Kier alpha value is -1.25. The van der Waals surface area contributed by atoms with Gasteiger partial charge < -0.3 is 51.1 Å². The molecule has 0 rings (SSSR count). The minimum Gasteiger partial charge on any atom is -0.394 e.